The van der Waals surface area contributed by atoms with Gasteiger partial charge in [-0.15, -0.1) is 12.4 Å². The standard InChI is InChI=1S/C25H24N4O.C24H23N5O.ClH/c30-25(13-18-15-26-22-4-2-1-3-21(18)22)27-19-9-11-20(12-10-19)29-24(17-7-8-17)14-23(28-29)16-5-6-16;30-24(13-19-15-28-12-2-1-3-23(28)25-19)26-18-8-10-20(11-9-18)29-22(17-6-7-17)14-21(27-29)16-4-5-16;/h1-4,9-12,14-17,26H,5-8,13H2,(H,27,30);1-3,8-12,14-17H,4-7,13H2,(H,26,30);1H. The third-order valence-electron chi connectivity index (χ3n) is 12.1. The number of aromatic nitrogens is 7. The summed E-state index contributed by atoms with van der Waals surface area (Å²) in [5.74, 6) is 2.53. The number of hydrogen-bond acceptors (Lipinski definition) is 5. The number of para-hydroxylation sites is 1. The van der Waals surface area contributed by atoms with Gasteiger partial charge in [-0.25, -0.2) is 14.3 Å². The first-order chi connectivity index (χ1) is 29.5. The Hall–Kier alpha value is -6.46. The zero-order chi connectivity index (χ0) is 40.2. The number of pyridine rings is 1. The van der Waals surface area contributed by atoms with Gasteiger partial charge in [-0.05, 0) is 136 Å². The van der Waals surface area contributed by atoms with Gasteiger partial charge in [0.25, 0.3) is 0 Å². The number of fused-ring (bicyclic) bond motifs is 2. The van der Waals surface area contributed by atoms with Crippen LogP contribution < -0.4 is 10.6 Å². The van der Waals surface area contributed by atoms with E-state index in [1.807, 2.05) is 102 Å². The molecule has 308 valence electrons. The third kappa shape index (κ3) is 8.61. The van der Waals surface area contributed by atoms with Crippen LogP contribution in [0.25, 0.3) is 27.9 Å². The summed E-state index contributed by atoms with van der Waals surface area (Å²) < 4.78 is 6.14. The van der Waals surface area contributed by atoms with Crippen LogP contribution in [0.5, 0.6) is 0 Å². The van der Waals surface area contributed by atoms with Crippen molar-refractivity contribution in [2.24, 2.45) is 0 Å². The van der Waals surface area contributed by atoms with Gasteiger partial charge >= 0.3 is 0 Å². The molecule has 0 radical (unpaired) electrons. The van der Waals surface area contributed by atoms with Gasteiger partial charge in [-0.1, -0.05) is 24.3 Å². The van der Waals surface area contributed by atoms with Crippen molar-refractivity contribution in [1.82, 2.24) is 33.9 Å². The maximum Gasteiger partial charge on any atom is 0.230 e. The number of anilines is 2. The van der Waals surface area contributed by atoms with Gasteiger partial charge in [0.15, 0.2) is 0 Å². The fourth-order valence-corrected chi connectivity index (χ4v) is 8.21. The second-order valence-corrected chi connectivity index (χ2v) is 17.0. The minimum Gasteiger partial charge on any atom is -0.361 e. The van der Waals surface area contributed by atoms with Crippen LogP contribution in [0.4, 0.5) is 11.4 Å². The lowest BCUT2D eigenvalue weighted by molar-refractivity contribution is -0.116. The molecule has 8 aromatic rings. The summed E-state index contributed by atoms with van der Waals surface area (Å²) >= 11 is 0. The summed E-state index contributed by atoms with van der Waals surface area (Å²) in [4.78, 5) is 32.8. The van der Waals surface area contributed by atoms with Crippen molar-refractivity contribution in [3.63, 3.8) is 0 Å². The van der Waals surface area contributed by atoms with Crippen LogP contribution >= 0.6 is 12.4 Å². The zero-order valence-electron chi connectivity index (χ0n) is 33.8. The number of H-pyrrole nitrogens is 1. The fraction of sp³-hybridized carbons (Fsp3) is 0.286. The van der Waals surface area contributed by atoms with E-state index < -0.39 is 0 Å². The van der Waals surface area contributed by atoms with E-state index in [1.54, 1.807) is 0 Å². The zero-order valence-corrected chi connectivity index (χ0v) is 34.7. The Labute approximate surface area is 360 Å². The number of carbonyl (C=O) groups is 2. The van der Waals surface area contributed by atoms with E-state index in [0.717, 1.165) is 50.6 Å². The van der Waals surface area contributed by atoms with E-state index in [4.69, 9.17) is 10.2 Å². The third-order valence-corrected chi connectivity index (χ3v) is 12.1. The van der Waals surface area contributed by atoms with E-state index in [0.29, 0.717) is 30.1 Å². The lowest BCUT2D eigenvalue weighted by atomic mass is 10.1. The number of aromatic amines is 1. The molecule has 5 heterocycles. The van der Waals surface area contributed by atoms with Gasteiger partial charge in [-0.2, -0.15) is 10.2 Å². The van der Waals surface area contributed by atoms with E-state index in [1.165, 1.54) is 74.1 Å². The molecule has 0 saturated heterocycles. The van der Waals surface area contributed by atoms with Crippen molar-refractivity contribution in [3.8, 4) is 11.4 Å². The highest BCUT2D eigenvalue weighted by atomic mass is 35.5. The van der Waals surface area contributed by atoms with Crippen LogP contribution in [-0.4, -0.2) is 45.7 Å². The number of rotatable bonds is 12. The van der Waals surface area contributed by atoms with E-state index in [9.17, 15) is 9.59 Å². The summed E-state index contributed by atoms with van der Waals surface area (Å²) in [6, 6.07) is 34.5. The van der Waals surface area contributed by atoms with Gasteiger partial charge in [0.1, 0.15) is 5.65 Å². The lowest BCUT2D eigenvalue weighted by Crippen LogP contribution is -2.14. The van der Waals surface area contributed by atoms with Crippen LogP contribution in [0, 0.1) is 0 Å². The largest absolute Gasteiger partial charge is 0.361 e. The molecular formula is C49H48ClN9O2. The van der Waals surface area contributed by atoms with Crippen LogP contribution in [0.15, 0.2) is 122 Å². The molecule has 4 saturated carbocycles. The molecule has 3 aromatic carbocycles. The summed E-state index contributed by atoms with van der Waals surface area (Å²) in [6.45, 7) is 0. The summed E-state index contributed by atoms with van der Waals surface area (Å²) in [5.41, 5.74) is 12.6. The Bertz CT molecular complexity index is 2810. The number of amides is 2. The smallest absolute Gasteiger partial charge is 0.230 e. The molecule has 12 heteroatoms. The molecule has 0 spiro atoms. The summed E-state index contributed by atoms with van der Waals surface area (Å²) in [5, 5.41) is 16.9. The van der Waals surface area contributed by atoms with Crippen molar-refractivity contribution < 1.29 is 9.59 Å². The highest BCUT2D eigenvalue weighted by molar-refractivity contribution is 5.96. The van der Waals surface area contributed by atoms with Crippen LogP contribution in [0.3, 0.4) is 0 Å². The predicted molar refractivity (Wildman–Crippen MR) is 240 cm³/mol. The summed E-state index contributed by atoms with van der Waals surface area (Å²) in [6.07, 6.45) is 16.4. The Balaban J connectivity index is 0.000000144. The second kappa shape index (κ2) is 16.2. The first-order valence-electron chi connectivity index (χ1n) is 21.5. The molecule has 11 nitrogen and oxygen atoms in total. The topological polar surface area (TPSA) is 127 Å². The molecular weight excluding hydrogens is 782 g/mol. The molecule has 4 fully saturated rings. The van der Waals surface area contributed by atoms with Gasteiger partial charge in [0, 0.05) is 75.9 Å². The number of benzene rings is 3. The number of nitrogens with zero attached hydrogens (tertiary/aromatic N) is 6. The molecule has 5 aromatic heterocycles. The molecule has 0 bridgehead atoms. The van der Waals surface area contributed by atoms with E-state index >= 15 is 0 Å². The molecule has 12 rings (SSSR count). The van der Waals surface area contributed by atoms with Crippen LogP contribution in [0.2, 0.25) is 0 Å². The van der Waals surface area contributed by atoms with E-state index in [2.05, 4.69) is 54.2 Å². The number of halogens is 1. The first-order valence-corrected chi connectivity index (χ1v) is 21.5. The monoisotopic (exact) mass is 829 g/mol. The number of carbonyl (C=O) groups excluding carboxylic acids is 2. The van der Waals surface area contributed by atoms with Gasteiger partial charge in [0.05, 0.1) is 41.3 Å². The number of hydrogen-bond donors (Lipinski definition) is 3. The van der Waals surface area contributed by atoms with Crippen LogP contribution in [-0.2, 0) is 22.4 Å². The van der Waals surface area contributed by atoms with Crippen molar-refractivity contribution >= 4 is 52.1 Å². The second-order valence-electron chi connectivity index (χ2n) is 17.0. The molecule has 4 aliphatic carbocycles. The quantitative estimate of drug-likeness (QED) is 0.113. The predicted octanol–water partition coefficient (Wildman–Crippen LogP) is 10.2. The van der Waals surface area contributed by atoms with Gasteiger partial charge < -0.3 is 20.0 Å². The molecule has 0 unspecified atom stereocenters. The summed E-state index contributed by atoms with van der Waals surface area (Å²) in [7, 11) is 0. The average Bonchev–Trinajstić information content (AvgIpc) is 4.08. The SMILES string of the molecule is Cl.O=C(Cc1c[nH]c2ccccc12)Nc1ccc(-n2nc(C3CC3)cc2C2CC2)cc1.O=C(Cc1cn2ccccc2n1)Nc1ccc(-n2nc(C3CC3)cc2C2CC2)cc1. The minimum atomic E-state index is -0.0695. The van der Waals surface area contributed by atoms with E-state index in [-0.39, 0.29) is 30.6 Å². The van der Waals surface area contributed by atoms with Crippen molar-refractivity contribution in [2.45, 2.75) is 87.9 Å². The average molecular weight is 830 g/mol. The highest BCUT2D eigenvalue weighted by Crippen LogP contribution is 2.46. The number of imidazole rings is 1. The van der Waals surface area contributed by atoms with Crippen molar-refractivity contribution in [2.75, 3.05) is 10.6 Å². The lowest BCUT2D eigenvalue weighted by Gasteiger charge is -2.09. The van der Waals surface area contributed by atoms with Crippen LogP contribution in [0.1, 0.15) is 109 Å². The minimum absolute atomic E-state index is 0. The Morgan fingerprint density at radius 1 is 0.623 bits per heavy atom. The molecule has 0 aliphatic heterocycles. The Kier molecular flexibility index (Phi) is 10.3. The van der Waals surface area contributed by atoms with Crippen molar-refractivity contribution in [1.29, 1.82) is 0 Å². The molecule has 0 atom stereocenters. The maximum atomic E-state index is 12.6. The maximum absolute atomic E-state index is 12.6. The Morgan fingerprint density at radius 2 is 1.15 bits per heavy atom. The molecule has 4 aliphatic rings. The molecule has 3 N–H and O–H groups in total. The number of nitrogens with one attached hydrogen (secondary N) is 3. The van der Waals surface area contributed by atoms with Gasteiger partial charge in [0.2, 0.25) is 11.8 Å². The Morgan fingerprint density at radius 3 is 1.69 bits per heavy atom. The normalized spacial score (nSPS) is 15.9. The fourth-order valence-electron chi connectivity index (χ4n) is 8.21. The van der Waals surface area contributed by atoms with Crippen molar-refractivity contribution in [3.05, 3.63) is 156 Å². The highest BCUT2D eigenvalue weighted by Gasteiger charge is 2.34. The first kappa shape index (κ1) is 38.7. The molecule has 61 heavy (non-hydrogen) atoms. The molecule has 2 amide bonds. The van der Waals surface area contributed by atoms with Gasteiger partial charge in [-0.3, -0.25) is 9.59 Å².